The van der Waals surface area contributed by atoms with Crippen molar-refractivity contribution >= 4 is 17.5 Å². The summed E-state index contributed by atoms with van der Waals surface area (Å²) in [6, 6.07) is 10.2. The molecule has 0 saturated carbocycles. The standard InChI is InChI=1S/C26H27F3N4O2/c1-16-8-6-11-22(24(16)25(35)32-12-4-5-13-32)30-23(34)15-21-17(2)31-33(18(21)3)20-10-7-9-19(14-20)26(27,28)29/h6-11,14H,4-5,12-13,15H2,1-3H3,(H,30,34). The monoisotopic (exact) mass is 484 g/mol. The number of benzene rings is 2. The van der Waals surface area contributed by atoms with Crippen LogP contribution in [0.25, 0.3) is 5.69 Å². The lowest BCUT2D eigenvalue weighted by Gasteiger charge is -2.19. The third-order valence-corrected chi connectivity index (χ3v) is 6.35. The number of hydrogen-bond donors (Lipinski definition) is 1. The highest BCUT2D eigenvalue weighted by atomic mass is 19.4. The predicted octanol–water partition coefficient (Wildman–Crippen LogP) is 5.23. The molecule has 1 aliphatic rings. The van der Waals surface area contributed by atoms with Crippen LogP contribution in [0, 0.1) is 20.8 Å². The maximum Gasteiger partial charge on any atom is 0.416 e. The first-order valence-corrected chi connectivity index (χ1v) is 11.5. The molecule has 35 heavy (non-hydrogen) atoms. The molecule has 184 valence electrons. The van der Waals surface area contributed by atoms with E-state index >= 15 is 0 Å². The van der Waals surface area contributed by atoms with Crippen molar-refractivity contribution in [3.8, 4) is 5.69 Å². The molecule has 2 amide bonds. The summed E-state index contributed by atoms with van der Waals surface area (Å²) in [6.07, 6.45) is -2.56. The number of nitrogens with zero attached hydrogens (tertiary/aromatic N) is 3. The van der Waals surface area contributed by atoms with E-state index in [1.165, 1.54) is 10.7 Å². The molecular weight excluding hydrogens is 457 g/mol. The number of aromatic nitrogens is 2. The highest BCUT2D eigenvalue weighted by molar-refractivity contribution is 6.05. The van der Waals surface area contributed by atoms with E-state index in [0.717, 1.165) is 30.5 Å². The molecule has 3 aromatic rings. The first-order chi connectivity index (χ1) is 16.6. The number of amides is 2. The van der Waals surface area contributed by atoms with Crippen LogP contribution in [0.3, 0.4) is 0 Å². The van der Waals surface area contributed by atoms with E-state index < -0.39 is 11.7 Å². The second-order valence-electron chi connectivity index (χ2n) is 8.83. The van der Waals surface area contributed by atoms with E-state index in [0.29, 0.717) is 41.3 Å². The van der Waals surface area contributed by atoms with Crippen molar-refractivity contribution in [1.29, 1.82) is 0 Å². The fraction of sp³-hybridized carbons (Fsp3) is 0.346. The number of aryl methyl sites for hydroxylation is 2. The number of likely N-dealkylation sites (tertiary alicyclic amines) is 1. The molecule has 0 spiro atoms. The quantitative estimate of drug-likeness (QED) is 0.539. The number of rotatable bonds is 5. The molecule has 2 aromatic carbocycles. The minimum absolute atomic E-state index is 0.0259. The van der Waals surface area contributed by atoms with Crippen LogP contribution in [0.15, 0.2) is 42.5 Å². The average Bonchev–Trinajstić information content (AvgIpc) is 3.43. The van der Waals surface area contributed by atoms with Crippen molar-refractivity contribution in [3.63, 3.8) is 0 Å². The molecule has 0 unspecified atom stereocenters. The van der Waals surface area contributed by atoms with Crippen molar-refractivity contribution in [3.05, 3.63) is 76.1 Å². The van der Waals surface area contributed by atoms with Crippen LogP contribution in [0.2, 0.25) is 0 Å². The van der Waals surface area contributed by atoms with Gasteiger partial charge in [0.25, 0.3) is 5.91 Å². The summed E-state index contributed by atoms with van der Waals surface area (Å²) in [5.74, 6) is -0.429. The Hall–Kier alpha value is -3.62. The summed E-state index contributed by atoms with van der Waals surface area (Å²) in [4.78, 5) is 27.9. The van der Waals surface area contributed by atoms with Crippen LogP contribution in [-0.2, 0) is 17.4 Å². The predicted molar refractivity (Wildman–Crippen MR) is 127 cm³/mol. The fourth-order valence-electron chi connectivity index (χ4n) is 4.49. The third kappa shape index (κ3) is 5.08. The van der Waals surface area contributed by atoms with Gasteiger partial charge in [-0.05, 0) is 63.4 Å². The zero-order valence-corrected chi connectivity index (χ0v) is 19.9. The second kappa shape index (κ2) is 9.56. The Bertz CT molecular complexity index is 1270. The van der Waals surface area contributed by atoms with Crippen molar-refractivity contribution < 1.29 is 22.8 Å². The van der Waals surface area contributed by atoms with E-state index in [2.05, 4.69) is 10.4 Å². The third-order valence-electron chi connectivity index (χ3n) is 6.35. The van der Waals surface area contributed by atoms with Crippen molar-refractivity contribution in [2.45, 2.75) is 46.2 Å². The van der Waals surface area contributed by atoms with Gasteiger partial charge in [-0.25, -0.2) is 4.68 Å². The number of carbonyl (C=O) groups excluding carboxylic acids is 2. The average molecular weight is 485 g/mol. The summed E-state index contributed by atoms with van der Waals surface area (Å²) >= 11 is 0. The van der Waals surface area contributed by atoms with Crippen LogP contribution >= 0.6 is 0 Å². The maximum atomic E-state index is 13.2. The fourth-order valence-corrected chi connectivity index (χ4v) is 4.49. The molecule has 1 fully saturated rings. The molecule has 0 radical (unpaired) electrons. The van der Waals surface area contributed by atoms with E-state index in [1.54, 1.807) is 36.9 Å². The number of anilines is 1. The summed E-state index contributed by atoms with van der Waals surface area (Å²) < 4.78 is 40.9. The Morgan fingerprint density at radius 3 is 2.40 bits per heavy atom. The van der Waals surface area contributed by atoms with E-state index in [-0.39, 0.29) is 23.9 Å². The summed E-state index contributed by atoms with van der Waals surface area (Å²) in [7, 11) is 0. The first-order valence-electron chi connectivity index (χ1n) is 11.5. The number of halogens is 3. The maximum absolute atomic E-state index is 13.2. The minimum atomic E-state index is -4.47. The Kier molecular flexibility index (Phi) is 6.69. The van der Waals surface area contributed by atoms with E-state index in [1.807, 2.05) is 13.0 Å². The van der Waals surface area contributed by atoms with Crippen molar-refractivity contribution in [2.24, 2.45) is 0 Å². The molecule has 9 heteroatoms. The zero-order valence-electron chi connectivity index (χ0n) is 19.9. The van der Waals surface area contributed by atoms with Gasteiger partial charge in [-0.15, -0.1) is 0 Å². The van der Waals surface area contributed by atoms with Crippen LogP contribution in [0.5, 0.6) is 0 Å². The van der Waals surface area contributed by atoms with Gasteiger partial charge in [-0.2, -0.15) is 18.3 Å². The molecule has 4 rings (SSSR count). The first kappa shape index (κ1) is 24.5. The van der Waals surface area contributed by atoms with E-state index in [9.17, 15) is 22.8 Å². The molecule has 1 saturated heterocycles. The Morgan fingerprint density at radius 1 is 1.03 bits per heavy atom. The molecule has 6 nitrogen and oxygen atoms in total. The molecule has 2 heterocycles. The molecular formula is C26H27F3N4O2. The van der Waals surface area contributed by atoms with Gasteiger partial charge in [-0.3, -0.25) is 9.59 Å². The van der Waals surface area contributed by atoms with Gasteiger partial charge in [-0.1, -0.05) is 18.2 Å². The highest BCUT2D eigenvalue weighted by Gasteiger charge is 2.31. The molecule has 0 atom stereocenters. The normalized spacial score (nSPS) is 13.8. The summed E-state index contributed by atoms with van der Waals surface area (Å²) in [5.41, 5.74) is 2.97. The lowest BCUT2D eigenvalue weighted by molar-refractivity contribution is -0.137. The Morgan fingerprint density at radius 2 is 1.71 bits per heavy atom. The van der Waals surface area contributed by atoms with Gasteiger partial charge in [0.05, 0.1) is 34.6 Å². The van der Waals surface area contributed by atoms with Crippen LogP contribution in [0.1, 0.15) is 51.3 Å². The minimum Gasteiger partial charge on any atom is -0.339 e. The highest BCUT2D eigenvalue weighted by Crippen LogP contribution is 2.31. The molecule has 1 aromatic heterocycles. The van der Waals surface area contributed by atoms with Gasteiger partial charge in [0.1, 0.15) is 0 Å². The lowest BCUT2D eigenvalue weighted by Crippen LogP contribution is -2.29. The number of hydrogen-bond acceptors (Lipinski definition) is 3. The van der Waals surface area contributed by atoms with E-state index in [4.69, 9.17) is 0 Å². The van der Waals surface area contributed by atoms with Gasteiger partial charge in [0.15, 0.2) is 0 Å². The van der Waals surface area contributed by atoms with Gasteiger partial charge < -0.3 is 10.2 Å². The van der Waals surface area contributed by atoms with Gasteiger partial charge >= 0.3 is 6.18 Å². The van der Waals surface area contributed by atoms with Crippen LogP contribution < -0.4 is 5.32 Å². The molecule has 0 aliphatic carbocycles. The number of carbonyl (C=O) groups is 2. The van der Waals surface area contributed by atoms with Gasteiger partial charge in [0.2, 0.25) is 5.91 Å². The van der Waals surface area contributed by atoms with Gasteiger partial charge in [0, 0.05) is 24.3 Å². The van der Waals surface area contributed by atoms with Crippen molar-refractivity contribution in [2.75, 3.05) is 18.4 Å². The summed E-state index contributed by atoms with van der Waals surface area (Å²) in [6.45, 7) is 6.68. The lowest BCUT2D eigenvalue weighted by atomic mass is 10.0. The number of alkyl halides is 3. The van der Waals surface area contributed by atoms with Crippen molar-refractivity contribution in [1.82, 2.24) is 14.7 Å². The molecule has 1 aliphatic heterocycles. The zero-order chi connectivity index (χ0) is 25.3. The summed E-state index contributed by atoms with van der Waals surface area (Å²) in [5, 5.41) is 7.25. The van der Waals surface area contributed by atoms with Crippen LogP contribution in [0.4, 0.5) is 18.9 Å². The smallest absolute Gasteiger partial charge is 0.339 e. The van der Waals surface area contributed by atoms with Crippen LogP contribution in [-0.4, -0.2) is 39.6 Å². The molecule has 1 N–H and O–H groups in total. The Labute approximate surface area is 201 Å². The Balaban J connectivity index is 1.57. The second-order valence-corrected chi connectivity index (χ2v) is 8.83. The SMILES string of the molecule is Cc1cccc(NC(=O)Cc2c(C)nn(-c3cccc(C(F)(F)F)c3)c2C)c1C(=O)N1CCCC1. The topological polar surface area (TPSA) is 67.2 Å². The molecule has 0 bridgehead atoms. The number of nitrogens with one attached hydrogen (secondary N) is 1. The largest absolute Gasteiger partial charge is 0.416 e.